The number of hydrogen-bond donors (Lipinski definition) is 1. The van der Waals surface area contributed by atoms with Crippen LogP contribution in [0.2, 0.25) is 5.02 Å². The van der Waals surface area contributed by atoms with Gasteiger partial charge in [-0.1, -0.05) is 68.8 Å². The molecular weight excluding hydrogens is 372 g/mol. The number of halogens is 3. The van der Waals surface area contributed by atoms with Gasteiger partial charge in [0, 0.05) is 16.0 Å². The van der Waals surface area contributed by atoms with Crippen LogP contribution >= 0.6 is 11.6 Å². The minimum Gasteiger partial charge on any atom is -0.439 e. The van der Waals surface area contributed by atoms with E-state index in [0.29, 0.717) is 11.4 Å². The van der Waals surface area contributed by atoms with E-state index in [4.69, 9.17) is 16.3 Å². The minimum atomic E-state index is -2.93. The Morgan fingerprint density at radius 1 is 1.11 bits per heavy atom. The van der Waals surface area contributed by atoms with Crippen LogP contribution in [-0.4, -0.2) is 12.1 Å². The summed E-state index contributed by atoms with van der Waals surface area (Å²) in [5, 5.41) is 3.35. The van der Waals surface area contributed by atoms with Crippen molar-refractivity contribution in [2.45, 2.75) is 45.3 Å². The average Bonchev–Trinajstić information content (AvgIpc) is 2.95. The van der Waals surface area contributed by atoms with Crippen LogP contribution in [0.4, 0.5) is 13.6 Å². The molecule has 2 aromatic carbocycles. The highest BCUT2D eigenvalue weighted by Crippen LogP contribution is 2.44. The van der Waals surface area contributed by atoms with E-state index in [2.05, 4.69) is 5.32 Å². The largest absolute Gasteiger partial charge is 0.439 e. The predicted octanol–water partition coefficient (Wildman–Crippen LogP) is 5.87. The highest BCUT2D eigenvalue weighted by molar-refractivity contribution is 6.30. The van der Waals surface area contributed by atoms with E-state index < -0.39 is 23.5 Å². The first-order chi connectivity index (χ1) is 12.6. The zero-order chi connectivity index (χ0) is 19.8. The monoisotopic (exact) mass is 393 g/mol. The quantitative estimate of drug-likeness (QED) is 0.705. The fourth-order valence-corrected chi connectivity index (χ4v) is 3.34. The number of ether oxygens (including phenoxy) is 1. The average molecular weight is 394 g/mol. The molecule has 1 saturated heterocycles. The Morgan fingerprint density at radius 2 is 1.78 bits per heavy atom. The first-order valence-corrected chi connectivity index (χ1v) is 9.15. The summed E-state index contributed by atoms with van der Waals surface area (Å²) in [7, 11) is 0. The lowest BCUT2D eigenvalue weighted by atomic mass is 9.83. The van der Waals surface area contributed by atoms with Gasteiger partial charge in [0.2, 0.25) is 0 Å². The van der Waals surface area contributed by atoms with Gasteiger partial charge < -0.3 is 10.1 Å². The number of carbonyl (C=O) groups is 1. The molecule has 0 bridgehead atoms. The van der Waals surface area contributed by atoms with Crippen LogP contribution in [0.15, 0.2) is 48.5 Å². The number of alkyl halides is 2. The summed E-state index contributed by atoms with van der Waals surface area (Å²) in [5.74, 6) is -2.93. The number of rotatable bonds is 4. The fourth-order valence-electron chi connectivity index (χ4n) is 3.14. The smallest absolute Gasteiger partial charge is 0.408 e. The van der Waals surface area contributed by atoms with Gasteiger partial charge in [0.1, 0.15) is 6.10 Å². The van der Waals surface area contributed by atoms with E-state index in [-0.39, 0.29) is 11.6 Å². The van der Waals surface area contributed by atoms with Crippen molar-refractivity contribution in [2.24, 2.45) is 5.41 Å². The molecule has 1 N–H and O–H groups in total. The molecule has 0 radical (unpaired) electrons. The maximum Gasteiger partial charge on any atom is 0.408 e. The van der Waals surface area contributed by atoms with Gasteiger partial charge in [-0.3, -0.25) is 0 Å². The van der Waals surface area contributed by atoms with Crippen LogP contribution in [0.5, 0.6) is 0 Å². The van der Waals surface area contributed by atoms with Crippen LogP contribution in [-0.2, 0) is 17.1 Å². The SMILES string of the molecule is CC(C)(C)C(F)(F)c1ccc(CC2NC(=O)OC2c2cccc(Cl)c2)cc1. The minimum absolute atomic E-state index is 0.0168. The molecule has 1 aliphatic rings. The van der Waals surface area contributed by atoms with E-state index in [9.17, 15) is 13.6 Å². The van der Waals surface area contributed by atoms with Gasteiger partial charge in [0.15, 0.2) is 0 Å². The lowest BCUT2D eigenvalue weighted by molar-refractivity contribution is -0.104. The highest BCUT2D eigenvalue weighted by atomic mass is 35.5. The van der Waals surface area contributed by atoms with Crippen molar-refractivity contribution in [1.29, 1.82) is 0 Å². The third-order valence-electron chi connectivity index (χ3n) is 4.79. The second kappa shape index (κ2) is 7.12. The molecule has 3 rings (SSSR count). The lowest BCUT2D eigenvalue weighted by Gasteiger charge is -2.30. The van der Waals surface area contributed by atoms with E-state index in [1.165, 1.54) is 32.9 Å². The Hall–Kier alpha value is -2.14. The molecule has 0 spiro atoms. The van der Waals surface area contributed by atoms with Gasteiger partial charge in [0.25, 0.3) is 5.92 Å². The van der Waals surface area contributed by atoms with E-state index in [0.717, 1.165) is 11.1 Å². The molecule has 1 aliphatic heterocycles. The van der Waals surface area contributed by atoms with Crippen molar-refractivity contribution < 1.29 is 18.3 Å². The summed E-state index contributed by atoms with van der Waals surface area (Å²) in [4.78, 5) is 11.7. The number of carbonyl (C=O) groups excluding carboxylic acids is 1. The van der Waals surface area contributed by atoms with Gasteiger partial charge in [-0.15, -0.1) is 0 Å². The van der Waals surface area contributed by atoms with E-state index in [1.807, 2.05) is 6.07 Å². The topological polar surface area (TPSA) is 38.3 Å². The zero-order valence-electron chi connectivity index (χ0n) is 15.4. The van der Waals surface area contributed by atoms with Crippen LogP contribution < -0.4 is 5.32 Å². The molecule has 2 atom stereocenters. The second-order valence-electron chi connectivity index (χ2n) is 7.86. The fraction of sp³-hybridized carbons (Fsp3) is 0.381. The summed E-state index contributed by atoms with van der Waals surface area (Å²) < 4.78 is 34.3. The van der Waals surface area contributed by atoms with Gasteiger partial charge in [0.05, 0.1) is 6.04 Å². The van der Waals surface area contributed by atoms with Crippen LogP contribution in [0.25, 0.3) is 0 Å². The van der Waals surface area contributed by atoms with Crippen molar-refractivity contribution in [2.75, 3.05) is 0 Å². The Bertz CT molecular complexity index is 831. The molecule has 0 aromatic heterocycles. The number of cyclic esters (lactones) is 1. The molecule has 3 nitrogen and oxygen atoms in total. The predicted molar refractivity (Wildman–Crippen MR) is 101 cm³/mol. The second-order valence-corrected chi connectivity index (χ2v) is 8.29. The molecule has 1 amide bonds. The molecule has 0 aliphatic carbocycles. The van der Waals surface area contributed by atoms with Gasteiger partial charge >= 0.3 is 6.09 Å². The van der Waals surface area contributed by atoms with Crippen LogP contribution in [0, 0.1) is 5.41 Å². The first-order valence-electron chi connectivity index (χ1n) is 8.78. The molecule has 2 unspecified atom stereocenters. The van der Waals surface area contributed by atoms with Crippen molar-refractivity contribution in [1.82, 2.24) is 5.32 Å². The zero-order valence-corrected chi connectivity index (χ0v) is 16.2. The Balaban J connectivity index is 1.79. The van der Waals surface area contributed by atoms with Gasteiger partial charge in [-0.05, 0) is 29.7 Å². The maximum atomic E-state index is 14.5. The van der Waals surface area contributed by atoms with Crippen molar-refractivity contribution in [3.05, 3.63) is 70.2 Å². The Kier molecular flexibility index (Phi) is 5.17. The number of hydrogen-bond acceptors (Lipinski definition) is 2. The summed E-state index contributed by atoms with van der Waals surface area (Å²) in [6, 6.07) is 13.1. The summed E-state index contributed by atoms with van der Waals surface area (Å²) in [6.45, 7) is 4.55. The standard InChI is InChI=1S/C21H22ClF2NO2/c1-20(2,3)21(23,24)15-9-7-13(8-10-15)11-17-18(27-19(26)25-17)14-5-4-6-16(22)12-14/h4-10,12,17-18H,11H2,1-3H3,(H,25,26). The number of amides is 1. The maximum absolute atomic E-state index is 14.5. The number of nitrogens with one attached hydrogen (secondary N) is 1. The Morgan fingerprint density at radius 3 is 2.37 bits per heavy atom. The molecule has 1 heterocycles. The van der Waals surface area contributed by atoms with Crippen molar-refractivity contribution >= 4 is 17.7 Å². The first kappa shape index (κ1) is 19.6. The highest BCUT2D eigenvalue weighted by Gasteiger charge is 2.44. The van der Waals surface area contributed by atoms with E-state index in [1.54, 1.807) is 30.3 Å². The third kappa shape index (κ3) is 4.08. The molecular formula is C21H22ClF2NO2. The van der Waals surface area contributed by atoms with Crippen molar-refractivity contribution in [3.8, 4) is 0 Å². The van der Waals surface area contributed by atoms with Crippen LogP contribution in [0.3, 0.4) is 0 Å². The molecule has 2 aromatic rings. The van der Waals surface area contributed by atoms with Crippen LogP contribution in [0.1, 0.15) is 43.6 Å². The molecule has 0 saturated carbocycles. The van der Waals surface area contributed by atoms with Gasteiger partial charge in [-0.25, -0.2) is 13.6 Å². The van der Waals surface area contributed by atoms with Crippen molar-refractivity contribution in [3.63, 3.8) is 0 Å². The van der Waals surface area contributed by atoms with E-state index >= 15 is 0 Å². The van der Waals surface area contributed by atoms with Gasteiger partial charge in [-0.2, -0.15) is 0 Å². The molecule has 27 heavy (non-hydrogen) atoms. The molecule has 1 fully saturated rings. The number of benzene rings is 2. The summed E-state index contributed by atoms with van der Waals surface area (Å²) in [6.07, 6.45) is -0.516. The summed E-state index contributed by atoms with van der Waals surface area (Å²) in [5.41, 5.74) is 0.448. The molecule has 6 heteroatoms. The number of alkyl carbamates (subject to hydrolysis) is 1. The normalized spacial score (nSPS) is 20.3. The molecule has 144 valence electrons. The third-order valence-corrected chi connectivity index (χ3v) is 5.03. The lowest BCUT2D eigenvalue weighted by Crippen LogP contribution is -2.31. The summed E-state index contributed by atoms with van der Waals surface area (Å²) >= 11 is 6.03. The Labute approximate surface area is 162 Å².